The average molecular weight is 198 g/mol. The van der Waals surface area contributed by atoms with E-state index in [-0.39, 0.29) is 18.5 Å². The van der Waals surface area contributed by atoms with E-state index in [4.69, 9.17) is 10.5 Å². The highest BCUT2D eigenvalue weighted by Crippen LogP contribution is 2.28. The number of ether oxygens (including phenoxy) is 1. The summed E-state index contributed by atoms with van der Waals surface area (Å²) in [6.07, 6.45) is 2.54. The molecule has 0 radical (unpaired) electrons. The second-order valence-electron chi connectivity index (χ2n) is 3.90. The SMILES string of the molecule is C=CCC1COC(C)(C)N1C(=O)CN. The van der Waals surface area contributed by atoms with Crippen LogP contribution in [0.5, 0.6) is 0 Å². The van der Waals surface area contributed by atoms with Gasteiger partial charge in [0.2, 0.25) is 5.91 Å². The van der Waals surface area contributed by atoms with Gasteiger partial charge in [0, 0.05) is 0 Å². The Bertz CT molecular complexity index is 238. The van der Waals surface area contributed by atoms with Crippen molar-refractivity contribution in [3.05, 3.63) is 12.7 Å². The maximum Gasteiger partial charge on any atom is 0.238 e. The third-order valence-corrected chi connectivity index (χ3v) is 2.46. The van der Waals surface area contributed by atoms with Crippen LogP contribution >= 0.6 is 0 Å². The molecule has 14 heavy (non-hydrogen) atoms. The average Bonchev–Trinajstić information content (AvgIpc) is 2.41. The molecule has 4 nitrogen and oxygen atoms in total. The molecule has 1 rings (SSSR count). The van der Waals surface area contributed by atoms with Crippen LogP contribution in [-0.4, -0.2) is 35.7 Å². The monoisotopic (exact) mass is 198 g/mol. The van der Waals surface area contributed by atoms with Gasteiger partial charge in [0.1, 0.15) is 5.72 Å². The molecule has 0 saturated carbocycles. The lowest BCUT2D eigenvalue weighted by Gasteiger charge is -2.33. The third kappa shape index (κ3) is 1.96. The summed E-state index contributed by atoms with van der Waals surface area (Å²) < 4.78 is 5.54. The number of carbonyl (C=O) groups excluding carboxylic acids is 1. The van der Waals surface area contributed by atoms with Crippen LogP contribution in [0.25, 0.3) is 0 Å². The lowest BCUT2D eigenvalue weighted by Crippen LogP contribution is -2.50. The first-order chi connectivity index (χ1) is 6.53. The van der Waals surface area contributed by atoms with Gasteiger partial charge in [-0.05, 0) is 20.3 Å². The molecule has 1 fully saturated rings. The van der Waals surface area contributed by atoms with Gasteiger partial charge in [-0.2, -0.15) is 0 Å². The number of hydrogen-bond acceptors (Lipinski definition) is 3. The van der Waals surface area contributed by atoms with Crippen molar-refractivity contribution in [1.82, 2.24) is 4.90 Å². The fourth-order valence-corrected chi connectivity index (χ4v) is 1.85. The summed E-state index contributed by atoms with van der Waals surface area (Å²) in [6, 6.07) is 0.0820. The van der Waals surface area contributed by atoms with Gasteiger partial charge in [-0.3, -0.25) is 4.79 Å². The molecule has 1 heterocycles. The number of carbonyl (C=O) groups is 1. The molecule has 2 N–H and O–H groups in total. The molecule has 1 atom stereocenters. The summed E-state index contributed by atoms with van der Waals surface area (Å²) in [6.45, 7) is 8.01. The highest BCUT2D eigenvalue weighted by Gasteiger charge is 2.42. The number of nitrogens with two attached hydrogens (primary N) is 1. The largest absolute Gasteiger partial charge is 0.354 e. The zero-order chi connectivity index (χ0) is 10.8. The van der Waals surface area contributed by atoms with Crippen LogP contribution < -0.4 is 5.73 Å². The van der Waals surface area contributed by atoms with Crippen LogP contribution in [0.4, 0.5) is 0 Å². The Kier molecular flexibility index (Phi) is 3.29. The summed E-state index contributed by atoms with van der Waals surface area (Å²) in [7, 11) is 0. The van der Waals surface area contributed by atoms with Crippen LogP contribution in [0.1, 0.15) is 20.3 Å². The molecule has 1 aliphatic rings. The van der Waals surface area contributed by atoms with Crippen molar-refractivity contribution < 1.29 is 9.53 Å². The minimum atomic E-state index is -0.538. The van der Waals surface area contributed by atoms with Gasteiger partial charge in [-0.1, -0.05) is 6.08 Å². The summed E-state index contributed by atoms with van der Waals surface area (Å²) in [5.74, 6) is -0.0700. The van der Waals surface area contributed by atoms with Gasteiger partial charge in [-0.25, -0.2) is 0 Å². The predicted octanol–water partition coefficient (Wildman–Crippen LogP) is 0.485. The van der Waals surface area contributed by atoms with Crippen molar-refractivity contribution >= 4 is 5.91 Å². The summed E-state index contributed by atoms with van der Waals surface area (Å²) in [5.41, 5.74) is 4.82. The summed E-state index contributed by atoms with van der Waals surface area (Å²) in [4.78, 5) is 13.3. The van der Waals surface area contributed by atoms with Crippen molar-refractivity contribution in [1.29, 1.82) is 0 Å². The summed E-state index contributed by atoms with van der Waals surface area (Å²) >= 11 is 0. The van der Waals surface area contributed by atoms with Crippen LogP contribution in [0.3, 0.4) is 0 Å². The van der Waals surface area contributed by atoms with E-state index in [0.717, 1.165) is 6.42 Å². The van der Waals surface area contributed by atoms with E-state index in [2.05, 4.69) is 6.58 Å². The molecule has 1 unspecified atom stereocenters. The van der Waals surface area contributed by atoms with Crippen LogP contribution in [0.15, 0.2) is 12.7 Å². The molecule has 80 valence electrons. The second kappa shape index (κ2) is 4.11. The van der Waals surface area contributed by atoms with E-state index in [9.17, 15) is 4.79 Å². The first-order valence-electron chi connectivity index (χ1n) is 4.80. The molecule has 0 aliphatic carbocycles. The van der Waals surface area contributed by atoms with E-state index in [1.165, 1.54) is 0 Å². The minimum Gasteiger partial charge on any atom is -0.354 e. The van der Waals surface area contributed by atoms with Crippen molar-refractivity contribution in [3.8, 4) is 0 Å². The number of nitrogens with zero attached hydrogens (tertiary/aromatic N) is 1. The highest BCUT2D eigenvalue weighted by molar-refractivity contribution is 5.79. The molecule has 0 aromatic carbocycles. The molecule has 1 aliphatic heterocycles. The Labute approximate surface area is 84.7 Å². The summed E-state index contributed by atoms with van der Waals surface area (Å²) in [5, 5.41) is 0. The molecule has 0 bridgehead atoms. The smallest absolute Gasteiger partial charge is 0.238 e. The zero-order valence-corrected chi connectivity index (χ0v) is 8.82. The predicted molar refractivity (Wildman–Crippen MR) is 54.5 cm³/mol. The second-order valence-corrected chi connectivity index (χ2v) is 3.90. The minimum absolute atomic E-state index is 0.0282. The Hall–Kier alpha value is -0.870. The first kappa shape index (κ1) is 11.2. The van der Waals surface area contributed by atoms with E-state index in [1.54, 1.807) is 11.0 Å². The Morgan fingerprint density at radius 2 is 2.43 bits per heavy atom. The van der Waals surface area contributed by atoms with Crippen LogP contribution in [0.2, 0.25) is 0 Å². The molecule has 1 saturated heterocycles. The van der Waals surface area contributed by atoms with Gasteiger partial charge < -0.3 is 15.4 Å². The van der Waals surface area contributed by atoms with Crippen molar-refractivity contribution in [2.24, 2.45) is 5.73 Å². The standard InChI is InChI=1S/C10H18N2O2/c1-4-5-8-7-14-10(2,3)12(8)9(13)6-11/h4,8H,1,5-7,11H2,2-3H3. The van der Waals surface area contributed by atoms with Crippen LogP contribution in [0, 0.1) is 0 Å². The Morgan fingerprint density at radius 1 is 1.79 bits per heavy atom. The Balaban J connectivity index is 2.80. The maximum atomic E-state index is 11.6. The maximum absolute atomic E-state index is 11.6. The van der Waals surface area contributed by atoms with E-state index in [1.807, 2.05) is 13.8 Å². The van der Waals surface area contributed by atoms with Crippen molar-refractivity contribution in [2.45, 2.75) is 32.0 Å². The van der Waals surface area contributed by atoms with E-state index in [0.29, 0.717) is 6.61 Å². The van der Waals surface area contributed by atoms with E-state index >= 15 is 0 Å². The highest BCUT2D eigenvalue weighted by atomic mass is 16.5. The third-order valence-electron chi connectivity index (χ3n) is 2.46. The van der Waals surface area contributed by atoms with Gasteiger partial charge in [-0.15, -0.1) is 6.58 Å². The lowest BCUT2D eigenvalue weighted by atomic mass is 10.1. The first-order valence-corrected chi connectivity index (χ1v) is 4.80. The topological polar surface area (TPSA) is 55.6 Å². The molecular formula is C10H18N2O2. The fourth-order valence-electron chi connectivity index (χ4n) is 1.85. The van der Waals surface area contributed by atoms with Crippen LogP contribution in [-0.2, 0) is 9.53 Å². The van der Waals surface area contributed by atoms with Gasteiger partial charge in [0.25, 0.3) is 0 Å². The molecule has 1 amide bonds. The molecular weight excluding hydrogens is 180 g/mol. The van der Waals surface area contributed by atoms with Crippen molar-refractivity contribution in [3.63, 3.8) is 0 Å². The molecule has 0 aromatic heterocycles. The van der Waals surface area contributed by atoms with Gasteiger partial charge >= 0.3 is 0 Å². The normalized spacial score (nSPS) is 25.1. The Morgan fingerprint density at radius 3 is 2.93 bits per heavy atom. The quantitative estimate of drug-likeness (QED) is 0.671. The van der Waals surface area contributed by atoms with Crippen molar-refractivity contribution in [2.75, 3.05) is 13.2 Å². The lowest BCUT2D eigenvalue weighted by molar-refractivity contribution is -0.144. The van der Waals surface area contributed by atoms with Gasteiger partial charge in [0.05, 0.1) is 19.2 Å². The number of amides is 1. The molecule has 0 spiro atoms. The van der Waals surface area contributed by atoms with Gasteiger partial charge in [0.15, 0.2) is 0 Å². The number of rotatable bonds is 3. The van der Waals surface area contributed by atoms with E-state index < -0.39 is 5.72 Å². The zero-order valence-electron chi connectivity index (χ0n) is 8.82. The molecule has 4 heteroatoms. The molecule has 0 aromatic rings. The fraction of sp³-hybridized carbons (Fsp3) is 0.700. The number of hydrogen-bond donors (Lipinski definition) is 1.